The largest absolute Gasteiger partial charge is 0.493 e. The van der Waals surface area contributed by atoms with Gasteiger partial charge in [0.25, 0.3) is 0 Å². The SMILES string of the molecule is Cn1ncc(CN=C(N)NC2CCOc3ccccc32)n1. The number of nitrogens with two attached hydrogens (primary N) is 1. The van der Waals surface area contributed by atoms with E-state index in [-0.39, 0.29) is 6.04 Å². The second kappa shape index (κ2) is 5.82. The Hall–Kier alpha value is -2.57. The Morgan fingerprint density at radius 1 is 1.52 bits per heavy atom. The molecule has 0 saturated heterocycles. The first kappa shape index (κ1) is 13.4. The molecule has 1 unspecified atom stereocenters. The average Bonchev–Trinajstić information content (AvgIpc) is 2.91. The van der Waals surface area contributed by atoms with Crippen molar-refractivity contribution in [3.8, 4) is 5.75 Å². The topological polar surface area (TPSA) is 90.4 Å². The van der Waals surface area contributed by atoms with Crippen LogP contribution in [0.1, 0.15) is 23.7 Å². The van der Waals surface area contributed by atoms with Crippen LogP contribution in [-0.2, 0) is 13.6 Å². The molecule has 0 saturated carbocycles. The minimum Gasteiger partial charge on any atom is -0.493 e. The van der Waals surface area contributed by atoms with Crippen LogP contribution in [-0.4, -0.2) is 27.6 Å². The Balaban J connectivity index is 1.66. The number of hydrogen-bond acceptors (Lipinski definition) is 4. The minimum absolute atomic E-state index is 0.126. The number of nitrogens with one attached hydrogen (secondary N) is 1. The zero-order valence-corrected chi connectivity index (χ0v) is 11.9. The summed E-state index contributed by atoms with van der Waals surface area (Å²) in [6, 6.07) is 8.10. The number of nitrogens with zero attached hydrogens (tertiary/aromatic N) is 4. The van der Waals surface area contributed by atoms with E-state index in [9.17, 15) is 0 Å². The van der Waals surface area contributed by atoms with Crippen molar-refractivity contribution in [3.05, 3.63) is 41.7 Å². The van der Waals surface area contributed by atoms with E-state index < -0.39 is 0 Å². The first-order chi connectivity index (χ1) is 10.2. The molecule has 1 aromatic carbocycles. The second-order valence-electron chi connectivity index (χ2n) is 4.90. The van der Waals surface area contributed by atoms with Crippen LogP contribution in [0.4, 0.5) is 0 Å². The fourth-order valence-electron chi connectivity index (χ4n) is 2.34. The molecule has 3 rings (SSSR count). The normalized spacial score (nSPS) is 18.0. The summed E-state index contributed by atoms with van der Waals surface area (Å²) in [5.41, 5.74) is 7.86. The first-order valence-electron chi connectivity index (χ1n) is 6.86. The van der Waals surface area contributed by atoms with Gasteiger partial charge in [0.05, 0.1) is 25.4 Å². The molecule has 2 aromatic rings. The van der Waals surface area contributed by atoms with Gasteiger partial charge >= 0.3 is 0 Å². The Kier molecular flexibility index (Phi) is 3.72. The minimum atomic E-state index is 0.126. The molecule has 0 spiro atoms. The van der Waals surface area contributed by atoms with Gasteiger partial charge in [0.15, 0.2) is 5.96 Å². The molecule has 2 heterocycles. The number of rotatable bonds is 3. The molecule has 110 valence electrons. The monoisotopic (exact) mass is 286 g/mol. The van der Waals surface area contributed by atoms with E-state index in [0.717, 1.165) is 23.4 Å². The lowest BCUT2D eigenvalue weighted by Gasteiger charge is -2.26. The predicted molar refractivity (Wildman–Crippen MR) is 78.8 cm³/mol. The van der Waals surface area contributed by atoms with E-state index in [1.807, 2.05) is 24.3 Å². The van der Waals surface area contributed by atoms with Gasteiger partial charge in [-0.15, -0.1) is 0 Å². The lowest BCUT2D eigenvalue weighted by atomic mass is 10.0. The quantitative estimate of drug-likeness (QED) is 0.641. The number of ether oxygens (including phenoxy) is 1. The van der Waals surface area contributed by atoms with Gasteiger partial charge in [-0.05, 0) is 6.07 Å². The van der Waals surface area contributed by atoms with Crippen LogP contribution in [0, 0.1) is 0 Å². The first-order valence-corrected chi connectivity index (χ1v) is 6.86. The highest BCUT2D eigenvalue weighted by Crippen LogP contribution is 2.31. The summed E-state index contributed by atoms with van der Waals surface area (Å²) in [5.74, 6) is 1.31. The molecule has 1 aliphatic rings. The molecule has 1 aliphatic heterocycles. The molecule has 0 bridgehead atoms. The van der Waals surface area contributed by atoms with Crippen molar-refractivity contribution in [2.24, 2.45) is 17.8 Å². The number of guanidine groups is 1. The Bertz CT molecular complexity index is 650. The van der Waals surface area contributed by atoms with Crippen molar-refractivity contribution in [1.29, 1.82) is 0 Å². The second-order valence-corrected chi connectivity index (χ2v) is 4.90. The number of hydrogen-bond donors (Lipinski definition) is 2. The molecular weight excluding hydrogens is 268 g/mol. The molecule has 7 nitrogen and oxygen atoms in total. The maximum Gasteiger partial charge on any atom is 0.189 e. The van der Waals surface area contributed by atoms with Crippen LogP contribution in [0.5, 0.6) is 5.75 Å². The molecule has 0 aliphatic carbocycles. The van der Waals surface area contributed by atoms with Gasteiger partial charge in [0.2, 0.25) is 0 Å². The Morgan fingerprint density at radius 2 is 2.38 bits per heavy atom. The van der Waals surface area contributed by atoms with Gasteiger partial charge in [0.1, 0.15) is 11.4 Å². The summed E-state index contributed by atoms with van der Waals surface area (Å²) >= 11 is 0. The fraction of sp³-hybridized carbons (Fsp3) is 0.357. The van der Waals surface area contributed by atoms with Crippen molar-refractivity contribution in [2.45, 2.75) is 19.0 Å². The molecule has 1 atom stereocenters. The predicted octanol–water partition coefficient (Wildman–Crippen LogP) is 0.743. The number of aliphatic imine (C=N–C) groups is 1. The maximum atomic E-state index is 5.96. The van der Waals surface area contributed by atoms with Crippen LogP contribution in [0.2, 0.25) is 0 Å². The smallest absolute Gasteiger partial charge is 0.189 e. The van der Waals surface area contributed by atoms with Gasteiger partial charge in [-0.2, -0.15) is 15.0 Å². The maximum absolute atomic E-state index is 5.96. The van der Waals surface area contributed by atoms with Crippen LogP contribution < -0.4 is 15.8 Å². The van der Waals surface area contributed by atoms with E-state index in [2.05, 4.69) is 20.5 Å². The van der Waals surface area contributed by atoms with Crippen molar-refractivity contribution < 1.29 is 4.74 Å². The van der Waals surface area contributed by atoms with Crippen LogP contribution in [0.15, 0.2) is 35.5 Å². The third-order valence-corrected chi connectivity index (χ3v) is 3.34. The van der Waals surface area contributed by atoms with Crippen LogP contribution in [0.25, 0.3) is 0 Å². The fourth-order valence-corrected chi connectivity index (χ4v) is 2.34. The molecule has 21 heavy (non-hydrogen) atoms. The zero-order chi connectivity index (χ0) is 14.7. The molecule has 0 amide bonds. The summed E-state index contributed by atoms with van der Waals surface area (Å²) in [5, 5.41) is 11.4. The molecule has 3 N–H and O–H groups in total. The van der Waals surface area contributed by atoms with Crippen LogP contribution in [0.3, 0.4) is 0 Å². The summed E-state index contributed by atoms with van der Waals surface area (Å²) in [4.78, 5) is 5.80. The van der Waals surface area contributed by atoms with Gasteiger partial charge < -0.3 is 15.8 Å². The summed E-state index contributed by atoms with van der Waals surface area (Å²) < 4.78 is 5.63. The molecule has 0 fully saturated rings. The highest BCUT2D eigenvalue weighted by atomic mass is 16.5. The lowest BCUT2D eigenvalue weighted by Crippen LogP contribution is -2.37. The molecule has 7 heteroatoms. The molecule has 0 radical (unpaired) electrons. The zero-order valence-electron chi connectivity index (χ0n) is 11.9. The number of aryl methyl sites for hydroxylation is 1. The van der Waals surface area contributed by atoms with Crippen molar-refractivity contribution in [1.82, 2.24) is 20.3 Å². The third kappa shape index (κ3) is 3.13. The summed E-state index contributed by atoms with van der Waals surface area (Å²) in [6.45, 7) is 1.09. The summed E-state index contributed by atoms with van der Waals surface area (Å²) in [6.07, 6.45) is 2.54. The third-order valence-electron chi connectivity index (χ3n) is 3.34. The average molecular weight is 286 g/mol. The van der Waals surface area contributed by atoms with Crippen molar-refractivity contribution in [3.63, 3.8) is 0 Å². The van der Waals surface area contributed by atoms with E-state index in [1.54, 1.807) is 13.2 Å². The van der Waals surface area contributed by atoms with E-state index in [0.29, 0.717) is 19.1 Å². The number of fused-ring (bicyclic) bond motifs is 1. The van der Waals surface area contributed by atoms with E-state index in [1.165, 1.54) is 4.80 Å². The lowest BCUT2D eigenvalue weighted by molar-refractivity contribution is 0.262. The van der Waals surface area contributed by atoms with Crippen LogP contribution >= 0.6 is 0 Å². The van der Waals surface area contributed by atoms with E-state index in [4.69, 9.17) is 10.5 Å². The van der Waals surface area contributed by atoms with Crippen molar-refractivity contribution in [2.75, 3.05) is 6.61 Å². The Labute approximate surface area is 122 Å². The molecule has 1 aromatic heterocycles. The van der Waals surface area contributed by atoms with Gasteiger partial charge in [-0.3, -0.25) is 0 Å². The number of para-hydroxylation sites is 1. The van der Waals surface area contributed by atoms with Gasteiger partial charge in [0, 0.05) is 19.0 Å². The standard InChI is InChI=1S/C14H18N6O/c1-20-17-9-10(19-20)8-16-14(15)18-12-6-7-21-13-5-3-2-4-11(12)13/h2-5,9,12H,6-8H2,1H3,(H3,15,16,18). The molecular formula is C14H18N6O. The highest BCUT2D eigenvalue weighted by molar-refractivity contribution is 5.78. The van der Waals surface area contributed by atoms with E-state index >= 15 is 0 Å². The number of aromatic nitrogens is 3. The number of benzene rings is 1. The van der Waals surface area contributed by atoms with Gasteiger partial charge in [-0.1, -0.05) is 18.2 Å². The summed E-state index contributed by atoms with van der Waals surface area (Å²) in [7, 11) is 1.77. The highest BCUT2D eigenvalue weighted by Gasteiger charge is 2.21. The van der Waals surface area contributed by atoms with Gasteiger partial charge in [-0.25, -0.2) is 4.99 Å². The Morgan fingerprint density at radius 3 is 3.19 bits per heavy atom. The van der Waals surface area contributed by atoms with Crippen molar-refractivity contribution >= 4 is 5.96 Å².